The van der Waals surface area contributed by atoms with Crippen molar-refractivity contribution in [2.45, 2.75) is 13.8 Å². The molecule has 1 aromatic rings. The zero-order chi connectivity index (χ0) is 10.0. The summed E-state index contributed by atoms with van der Waals surface area (Å²) < 4.78 is 0.783. The van der Waals surface area contributed by atoms with E-state index in [1.165, 1.54) is 0 Å². The summed E-state index contributed by atoms with van der Waals surface area (Å²) >= 11 is 8.05. The summed E-state index contributed by atoms with van der Waals surface area (Å²) in [5.74, 6) is 1.29. The highest BCUT2D eigenvalue weighted by Gasteiger charge is 2.06. The fourth-order valence-electron chi connectivity index (χ4n) is 0.899. The molecule has 0 aliphatic rings. The number of anilines is 1. The van der Waals surface area contributed by atoms with Crippen molar-refractivity contribution < 1.29 is 0 Å². The Morgan fingerprint density at radius 3 is 2.62 bits per heavy atom. The number of thiocarbonyl (C=S) groups is 1. The van der Waals surface area contributed by atoms with Crippen molar-refractivity contribution in [1.82, 2.24) is 9.97 Å². The summed E-state index contributed by atoms with van der Waals surface area (Å²) in [6, 6.07) is 0. The Hall–Kier alpha value is -0.750. The maximum atomic E-state index is 5.33. The van der Waals surface area contributed by atoms with E-state index in [2.05, 4.69) is 31.2 Å². The van der Waals surface area contributed by atoms with E-state index in [4.69, 9.17) is 18.0 Å². The highest BCUT2D eigenvalue weighted by atomic mass is 79.9. The van der Waals surface area contributed by atoms with E-state index in [0.29, 0.717) is 11.6 Å². The third-order valence-electron chi connectivity index (χ3n) is 1.37. The van der Waals surface area contributed by atoms with Crippen molar-refractivity contribution in [1.29, 1.82) is 0 Å². The molecule has 4 nitrogen and oxygen atoms in total. The number of nitrogens with two attached hydrogens (primary N) is 1. The molecule has 13 heavy (non-hydrogen) atoms. The molecule has 3 N–H and O–H groups in total. The Kier molecular flexibility index (Phi) is 3.16. The van der Waals surface area contributed by atoms with E-state index in [9.17, 15) is 0 Å². The average molecular weight is 261 g/mol. The molecule has 0 saturated carbocycles. The lowest BCUT2D eigenvalue weighted by Crippen LogP contribution is -2.20. The Morgan fingerprint density at radius 2 is 2.08 bits per heavy atom. The van der Waals surface area contributed by atoms with Crippen molar-refractivity contribution in [3.8, 4) is 0 Å². The third kappa shape index (κ3) is 2.60. The summed E-state index contributed by atoms with van der Waals surface area (Å²) in [5.41, 5.74) is 6.19. The van der Waals surface area contributed by atoms with Crippen molar-refractivity contribution in [3.05, 3.63) is 16.0 Å². The van der Waals surface area contributed by atoms with Crippen molar-refractivity contribution >= 4 is 39.1 Å². The zero-order valence-electron chi connectivity index (χ0n) is 7.26. The van der Waals surface area contributed by atoms with E-state index in [-0.39, 0.29) is 5.11 Å². The predicted octanol–water partition coefficient (Wildman–Crippen LogP) is 1.51. The fourth-order valence-corrected chi connectivity index (χ4v) is 1.27. The molecule has 0 atom stereocenters. The summed E-state index contributed by atoms with van der Waals surface area (Å²) in [7, 11) is 0. The van der Waals surface area contributed by atoms with Crippen LogP contribution in [0.4, 0.5) is 5.82 Å². The molecule has 0 fully saturated rings. The van der Waals surface area contributed by atoms with E-state index in [1.807, 2.05) is 13.8 Å². The van der Waals surface area contributed by atoms with Gasteiger partial charge in [0, 0.05) is 0 Å². The Morgan fingerprint density at radius 1 is 1.46 bits per heavy atom. The second kappa shape index (κ2) is 3.97. The van der Waals surface area contributed by atoms with E-state index < -0.39 is 0 Å². The van der Waals surface area contributed by atoms with Crippen LogP contribution < -0.4 is 11.1 Å². The molecule has 0 unspecified atom stereocenters. The number of hydrogen-bond donors (Lipinski definition) is 2. The van der Waals surface area contributed by atoms with Crippen LogP contribution in [-0.2, 0) is 0 Å². The molecule has 0 aliphatic carbocycles. The SMILES string of the molecule is Cc1nc(C)c(Br)c(NC(N)=S)n1. The number of rotatable bonds is 1. The van der Waals surface area contributed by atoms with Gasteiger partial charge in [0.05, 0.1) is 10.2 Å². The summed E-state index contributed by atoms with van der Waals surface area (Å²) in [6.45, 7) is 3.69. The van der Waals surface area contributed by atoms with Gasteiger partial charge in [0.2, 0.25) is 0 Å². The van der Waals surface area contributed by atoms with Crippen molar-refractivity contribution in [2.24, 2.45) is 5.73 Å². The standard InChI is InChI=1S/C7H9BrN4S/c1-3-5(8)6(12-7(9)13)11-4(2)10-3/h1-2H3,(H3,9,10,11,12,13). The molecule has 0 bridgehead atoms. The van der Waals surface area contributed by atoms with Crippen LogP contribution in [0.25, 0.3) is 0 Å². The summed E-state index contributed by atoms with van der Waals surface area (Å²) in [4.78, 5) is 8.30. The van der Waals surface area contributed by atoms with Crippen LogP contribution in [0.5, 0.6) is 0 Å². The second-order valence-electron chi connectivity index (χ2n) is 2.51. The van der Waals surface area contributed by atoms with Crippen LogP contribution in [0.1, 0.15) is 11.5 Å². The zero-order valence-corrected chi connectivity index (χ0v) is 9.66. The molecule has 0 saturated heterocycles. The maximum absolute atomic E-state index is 5.33. The maximum Gasteiger partial charge on any atom is 0.169 e. The van der Waals surface area contributed by atoms with Crippen molar-refractivity contribution in [3.63, 3.8) is 0 Å². The van der Waals surface area contributed by atoms with Gasteiger partial charge in [0.15, 0.2) is 5.11 Å². The molecular weight excluding hydrogens is 252 g/mol. The number of aryl methyl sites for hydroxylation is 2. The molecule has 0 aromatic carbocycles. The van der Waals surface area contributed by atoms with Crippen LogP contribution in [0.2, 0.25) is 0 Å². The number of nitrogens with one attached hydrogen (secondary N) is 1. The predicted molar refractivity (Wildman–Crippen MR) is 59.6 cm³/mol. The first-order chi connectivity index (χ1) is 6.00. The number of hydrogen-bond acceptors (Lipinski definition) is 3. The van der Waals surface area contributed by atoms with Gasteiger partial charge in [-0.15, -0.1) is 0 Å². The monoisotopic (exact) mass is 260 g/mol. The largest absolute Gasteiger partial charge is 0.376 e. The van der Waals surface area contributed by atoms with Crippen LogP contribution in [0, 0.1) is 13.8 Å². The van der Waals surface area contributed by atoms with Gasteiger partial charge in [0.25, 0.3) is 0 Å². The first-order valence-corrected chi connectivity index (χ1v) is 4.78. The van der Waals surface area contributed by atoms with Crippen LogP contribution in [0.15, 0.2) is 4.47 Å². The van der Waals surface area contributed by atoms with Gasteiger partial charge in [-0.3, -0.25) is 0 Å². The highest BCUT2D eigenvalue weighted by molar-refractivity contribution is 9.10. The first kappa shape index (κ1) is 10.3. The van der Waals surface area contributed by atoms with Gasteiger partial charge >= 0.3 is 0 Å². The van der Waals surface area contributed by atoms with Crippen molar-refractivity contribution in [2.75, 3.05) is 5.32 Å². The van der Waals surface area contributed by atoms with Crippen LogP contribution >= 0.6 is 28.1 Å². The molecule has 0 radical (unpaired) electrons. The Labute approximate surface area is 90.1 Å². The van der Waals surface area contributed by atoms with Gasteiger partial charge < -0.3 is 11.1 Å². The minimum absolute atomic E-state index is 0.193. The average Bonchev–Trinajstić information content (AvgIpc) is 1.98. The first-order valence-electron chi connectivity index (χ1n) is 3.58. The summed E-state index contributed by atoms with van der Waals surface area (Å²) in [5, 5.41) is 2.96. The third-order valence-corrected chi connectivity index (χ3v) is 2.42. The van der Waals surface area contributed by atoms with E-state index in [0.717, 1.165) is 10.2 Å². The number of aromatic nitrogens is 2. The fraction of sp³-hybridized carbons (Fsp3) is 0.286. The molecule has 0 aliphatic heterocycles. The van der Waals surface area contributed by atoms with Gasteiger partial charge in [-0.05, 0) is 42.0 Å². The molecule has 1 heterocycles. The Bertz CT molecular complexity index is 353. The number of nitrogens with zero attached hydrogens (tertiary/aromatic N) is 2. The quantitative estimate of drug-likeness (QED) is 0.750. The molecule has 1 aromatic heterocycles. The lowest BCUT2D eigenvalue weighted by atomic mass is 10.4. The van der Waals surface area contributed by atoms with Gasteiger partial charge in [-0.1, -0.05) is 0 Å². The van der Waals surface area contributed by atoms with Crippen LogP contribution in [-0.4, -0.2) is 15.1 Å². The van der Waals surface area contributed by atoms with Gasteiger partial charge in [-0.2, -0.15) is 0 Å². The molecular formula is C7H9BrN4S. The van der Waals surface area contributed by atoms with E-state index >= 15 is 0 Å². The van der Waals surface area contributed by atoms with Gasteiger partial charge in [0.1, 0.15) is 11.6 Å². The smallest absolute Gasteiger partial charge is 0.169 e. The Balaban J connectivity index is 3.12. The molecule has 0 amide bonds. The molecule has 70 valence electrons. The van der Waals surface area contributed by atoms with Gasteiger partial charge in [-0.25, -0.2) is 9.97 Å². The minimum atomic E-state index is 0.193. The topological polar surface area (TPSA) is 63.8 Å². The molecule has 6 heteroatoms. The number of halogens is 1. The lowest BCUT2D eigenvalue weighted by molar-refractivity contribution is 1.00. The molecule has 0 spiro atoms. The second-order valence-corrected chi connectivity index (χ2v) is 3.74. The normalized spacial score (nSPS) is 9.77. The van der Waals surface area contributed by atoms with Crippen LogP contribution in [0.3, 0.4) is 0 Å². The van der Waals surface area contributed by atoms with E-state index in [1.54, 1.807) is 0 Å². The lowest BCUT2D eigenvalue weighted by Gasteiger charge is -2.07. The molecule has 1 rings (SSSR count). The minimum Gasteiger partial charge on any atom is -0.376 e. The highest BCUT2D eigenvalue weighted by Crippen LogP contribution is 2.22. The summed E-state index contributed by atoms with van der Waals surface area (Å²) in [6.07, 6.45) is 0.